The normalized spacial score (nSPS) is 12.0. The second-order valence-corrected chi connectivity index (χ2v) is 5.03. The van der Waals surface area contributed by atoms with Crippen LogP contribution in [0.2, 0.25) is 0 Å². The summed E-state index contributed by atoms with van der Waals surface area (Å²) in [5.74, 6) is 1.77. The van der Waals surface area contributed by atoms with Gasteiger partial charge in [0.2, 0.25) is 0 Å². The van der Waals surface area contributed by atoms with Crippen LogP contribution in [0.15, 0.2) is 72.8 Å². The first-order chi connectivity index (χ1) is 10.3. The number of hydrogen-bond donors (Lipinski definition) is 0. The molecule has 0 radical (unpaired) electrons. The summed E-state index contributed by atoms with van der Waals surface area (Å²) in [5.41, 5.74) is 0. The Morgan fingerprint density at radius 1 is 0.810 bits per heavy atom. The number of fused-ring (bicyclic) bond motifs is 1. The molecule has 3 rings (SSSR count). The molecule has 0 bridgehead atoms. The molecule has 21 heavy (non-hydrogen) atoms. The Morgan fingerprint density at radius 3 is 2.38 bits per heavy atom. The van der Waals surface area contributed by atoms with Crippen molar-refractivity contribution in [2.75, 3.05) is 6.61 Å². The maximum atomic E-state index is 6.02. The summed E-state index contributed by atoms with van der Waals surface area (Å²) in [7, 11) is 0. The van der Waals surface area contributed by atoms with Crippen LogP contribution in [0.4, 0.5) is 0 Å². The first-order valence-corrected chi connectivity index (χ1v) is 7.15. The summed E-state index contributed by atoms with van der Waals surface area (Å²) in [6.45, 7) is 2.54. The molecule has 106 valence electrons. The molecule has 0 heterocycles. The van der Waals surface area contributed by atoms with E-state index in [9.17, 15) is 0 Å². The molecule has 0 aliphatic rings. The number of ether oxygens (including phenoxy) is 2. The average Bonchev–Trinajstić information content (AvgIpc) is 2.54. The van der Waals surface area contributed by atoms with Gasteiger partial charge in [0.25, 0.3) is 0 Å². The van der Waals surface area contributed by atoms with Crippen LogP contribution in [0.25, 0.3) is 10.8 Å². The van der Waals surface area contributed by atoms with E-state index in [1.807, 2.05) is 61.5 Å². The van der Waals surface area contributed by atoms with E-state index in [0.717, 1.165) is 16.9 Å². The lowest BCUT2D eigenvalue weighted by Gasteiger charge is -2.17. The average molecular weight is 278 g/mol. The first-order valence-electron chi connectivity index (χ1n) is 7.15. The van der Waals surface area contributed by atoms with Crippen molar-refractivity contribution in [3.63, 3.8) is 0 Å². The number of rotatable bonds is 5. The predicted molar refractivity (Wildman–Crippen MR) is 86.0 cm³/mol. The molecule has 1 unspecified atom stereocenters. The highest BCUT2D eigenvalue weighted by molar-refractivity contribution is 5.88. The van der Waals surface area contributed by atoms with Gasteiger partial charge in [-0.2, -0.15) is 0 Å². The molecule has 0 aromatic heterocycles. The van der Waals surface area contributed by atoms with E-state index in [0.29, 0.717) is 6.61 Å². The highest BCUT2D eigenvalue weighted by Crippen LogP contribution is 2.26. The van der Waals surface area contributed by atoms with Crippen LogP contribution in [0.5, 0.6) is 11.5 Å². The zero-order chi connectivity index (χ0) is 14.5. The fraction of sp³-hybridized carbons (Fsp3) is 0.158. The molecule has 0 N–H and O–H groups in total. The summed E-state index contributed by atoms with van der Waals surface area (Å²) >= 11 is 0. The van der Waals surface area contributed by atoms with Crippen molar-refractivity contribution in [2.45, 2.75) is 13.0 Å². The predicted octanol–water partition coefficient (Wildman–Crippen LogP) is 4.69. The molecule has 0 saturated heterocycles. The molecule has 2 heteroatoms. The Hall–Kier alpha value is -2.48. The molecule has 0 aliphatic heterocycles. The molecule has 2 nitrogen and oxygen atoms in total. The van der Waals surface area contributed by atoms with Crippen molar-refractivity contribution in [1.29, 1.82) is 0 Å². The summed E-state index contributed by atoms with van der Waals surface area (Å²) in [6.07, 6.45) is -0.0176. The molecular formula is C19H18O2. The molecule has 0 aliphatic carbocycles. The smallest absolute Gasteiger partial charge is 0.130 e. The minimum Gasteiger partial charge on any atom is -0.490 e. The lowest BCUT2D eigenvalue weighted by atomic mass is 10.1. The lowest BCUT2D eigenvalue weighted by Crippen LogP contribution is -2.21. The van der Waals surface area contributed by atoms with E-state index in [2.05, 4.69) is 18.2 Å². The second kappa shape index (κ2) is 6.31. The minimum absolute atomic E-state index is 0.0176. The van der Waals surface area contributed by atoms with Crippen LogP contribution in [-0.2, 0) is 0 Å². The van der Waals surface area contributed by atoms with Gasteiger partial charge in [-0.25, -0.2) is 0 Å². The second-order valence-electron chi connectivity index (χ2n) is 5.03. The van der Waals surface area contributed by atoms with E-state index in [1.165, 1.54) is 5.39 Å². The topological polar surface area (TPSA) is 18.5 Å². The van der Waals surface area contributed by atoms with Crippen molar-refractivity contribution in [3.8, 4) is 11.5 Å². The molecular weight excluding hydrogens is 260 g/mol. The van der Waals surface area contributed by atoms with E-state index in [4.69, 9.17) is 9.47 Å². The monoisotopic (exact) mass is 278 g/mol. The van der Waals surface area contributed by atoms with Gasteiger partial charge >= 0.3 is 0 Å². The Bertz CT molecular complexity index is 702. The van der Waals surface area contributed by atoms with E-state index in [-0.39, 0.29) is 6.10 Å². The summed E-state index contributed by atoms with van der Waals surface area (Å²) in [5, 5.41) is 2.32. The van der Waals surface area contributed by atoms with Crippen molar-refractivity contribution in [2.24, 2.45) is 0 Å². The maximum Gasteiger partial charge on any atom is 0.130 e. The molecule has 0 saturated carbocycles. The standard InChI is InChI=1S/C19H18O2/c1-15(14-20-17-10-3-2-4-11-17)21-19-13-7-9-16-8-5-6-12-18(16)19/h2-13,15H,14H2,1H3. The van der Waals surface area contributed by atoms with Gasteiger partial charge in [0, 0.05) is 5.39 Å². The lowest BCUT2D eigenvalue weighted by molar-refractivity contribution is 0.144. The zero-order valence-corrected chi connectivity index (χ0v) is 12.0. The van der Waals surface area contributed by atoms with Crippen molar-refractivity contribution in [3.05, 3.63) is 72.8 Å². The summed E-state index contributed by atoms with van der Waals surface area (Å²) in [4.78, 5) is 0. The van der Waals surface area contributed by atoms with Gasteiger partial charge < -0.3 is 9.47 Å². The van der Waals surface area contributed by atoms with Crippen LogP contribution >= 0.6 is 0 Å². The van der Waals surface area contributed by atoms with Crippen LogP contribution in [0, 0.1) is 0 Å². The molecule has 0 fully saturated rings. The van der Waals surface area contributed by atoms with Gasteiger partial charge in [-0.15, -0.1) is 0 Å². The van der Waals surface area contributed by atoms with E-state index >= 15 is 0 Å². The Balaban J connectivity index is 1.67. The fourth-order valence-corrected chi connectivity index (χ4v) is 2.28. The first kappa shape index (κ1) is 13.5. The van der Waals surface area contributed by atoms with Crippen molar-refractivity contribution >= 4 is 10.8 Å². The summed E-state index contributed by atoms with van der Waals surface area (Å²) < 4.78 is 11.8. The molecule has 0 amide bonds. The molecule has 3 aromatic rings. The molecule has 1 atom stereocenters. The third kappa shape index (κ3) is 3.34. The van der Waals surface area contributed by atoms with Crippen LogP contribution < -0.4 is 9.47 Å². The Morgan fingerprint density at radius 2 is 1.52 bits per heavy atom. The van der Waals surface area contributed by atoms with E-state index < -0.39 is 0 Å². The molecule has 3 aromatic carbocycles. The Kier molecular flexibility index (Phi) is 4.06. The third-order valence-electron chi connectivity index (χ3n) is 3.31. The van der Waals surface area contributed by atoms with Gasteiger partial charge in [-0.05, 0) is 30.5 Å². The third-order valence-corrected chi connectivity index (χ3v) is 3.31. The highest BCUT2D eigenvalue weighted by atomic mass is 16.5. The van der Waals surface area contributed by atoms with E-state index in [1.54, 1.807) is 0 Å². The van der Waals surface area contributed by atoms with Gasteiger partial charge in [0.05, 0.1) is 0 Å². The van der Waals surface area contributed by atoms with Gasteiger partial charge in [0.1, 0.15) is 24.2 Å². The van der Waals surface area contributed by atoms with Crippen molar-refractivity contribution in [1.82, 2.24) is 0 Å². The number of hydrogen-bond acceptors (Lipinski definition) is 2. The molecule has 0 spiro atoms. The maximum absolute atomic E-state index is 6.02. The highest BCUT2D eigenvalue weighted by Gasteiger charge is 2.08. The SMILES string of the molecule is CC(COc1ccccc1)Oc1cccc2ccccc12. The van der Waals surface area contributed by atoms with Crippen LogP contribution in [-0.4, -0.2) is 12.7 Å². The fourth-order valence-electron chi connectivity index (χ4n) is 2.28. The Labute approximate surface area is 124 Å². The quantitative estimate of drug-likeness (QED) is 0.674. The number of benzene rings is 3. The van der Waals surface area contributed by atoms with Gasteiger partial charge in [0.15, 0.2) is 0 Å². The van der Waals surface area contributed by atoms with Crippen molar-refractivity contribution < 1.29 is 9.47 Å². The van der Waals surface area contributed by atoms with Crippen LogP contribution in [0.1, 0.15) is 6.92 Å². The van der Waals surface area contributed by atoms with Gasteiger partial charge in [-0.3, -0.25) is 0 Å². The largest absolute Gasteiger partial charge is 0.490 e. The van der Waals surface area contributed by atoms with Gasteiger partial charge in [-0.1, -0.05) is 54.6 Å². The van der Waals surface area contributed by atoms with Crippen LogP contribution in [0.3, 0.4) is 0 Å². The summed E-state index contributed by atoms with van der Waals surface area (Å²) in [6, 6.07) is 24.1. The number of para-hydroxylation sites is 1. The minimum atomic E-state index is -0.0176. The zero-order valence-electron chi connectivity index (χ0n) is 12.0.